The number of para-hydroxylation sites is 1. The van der Waals surface area contributed by atoms with Crippen molar-refractivity contribution in [3.8, 4) is 17.7 Å². The molecule has 150 valence electrons. The molecule has 2 aliphatic heterocycles. The van der Waals surface area contributed by atoms with Gasteiger partial charge in [0.05, 0.1) is 19.1 Å². The maximum atomic E-state index is 12.5. The average molecular weight is 395 g/mol. The first-order valence-electron chi connectivity index (χ1n) is 9.30. The summed E-state index contributed by atoms with van der Waals surface area (Å²) < 4.78 is 16.7. The maximum Gasteiger partial charge on any atom is 0.260 e. The normalized spacial score (nSPS) is 18.6. The Morgan fingerprint density at radius 3 is 2.93 bits per heavy atom. The van der Waals surface area contributed by atoms with Gasteiger partial charge >= 0.3 is 0 Å². The number of amides is 1. The van der Waals surface area contributed by atoms with Gasteiger partial charge in [-0.05, 0) is 13.0 Å². The fraction of sp³-hybridized carbons (Fsp3) is 0.350. The fourth-order valence-corrected chi connectivity index (χ4v) is 3.60. The Kier molecular flexibility index (Phi) is 5.10. The summed E-state index contributed by atoms with van der Waals surface area (Å²) in [6.07, 6.45) is 0. The van der Waals surface area contributed by atoms with Crippen LogP contribution in [0.15, 0.2) is 35.7 Å². The molecule has 1 atom stereocenters. The van der Waals surface area contributed by atoms with E-state index >= 15 is 0 Å². The standard InChI is InChI=1S/C20H21N5O4/c1-12-17-18(14(10-21)19(22)29-20(17)24-23-12)13-4-2-3-5-15(13)28-11-16(26)25-6-8-27-9-7-25/h2-5,18H,6-9,11,22H2,1H3,(H,23,24)/t18-/m0/s1. The van der Waals surface area contributed by atoms with Crippen molar-refractivity contribution in [2.24, 2.45) is 5.73 Å². The Balaban J connectivity index is 1.65. The average Bonchev–Trinajstić information content (AvgIpc) is 3.12. The number of rotatable bonds is 4. The van der Waals surface area contributed by atoms with E-state index in [1.165, 1.54) is 0 Å². The smallest absolute Gasteiger partial charge is 0.260 e. The summed E-state index contributed by atoms with van der Waals surface area (Å²) in [4.78, 5) is 14.2. The topological polar surface area (TPSA) is 126 Å². The fourth-order valence-electron chi connectivity index (χ4n) is 3.60. The lowest BCUT2D eigenvalue weighted by molar-refractivity contribution is -0.137. The van der Waals surface area contributed by atoms with Crippen LogP contribution in [0.2, 0.25) is 0 Å². The van der Waals surface area contributed by atoms with Gasteiger partial charge in [-0.25, -0.2) is 0 Å². The third-order valence-corrected chi connectivity index (χ3v) is 5.07. The summed E-state index contributed by atoms with van der Waals surface area (Å²) in [5, 5.41) is 16.7. The molecule has 1 fully saturated rings. The van der Waals surface area contributed by atoms with Gasteiger partial charge in [0.1, 0.15) is 17.4 Å². The number of nitrogens with one attached hydrogen (secondary N) is 1. The van der Waals surface area contributed by atoms with E-state index in [1.807, 2.05) is 25.1 Å². The number of allylic oxidation sites excluding steroid dienone is 1. The van der Waals surface area contributed by atoms with Gasteiger partial charge < -0.3 is 24.8 Å². The van der Waals surface area contributed by atoms with Crippen molar-refractivity contribution in [3.63, 3.8) is 0 Å². The Morgan fingerprint density at radius 1 is 1.41 bits per heavy atom. The lowest BCUT2D eigenvalue weighted by Gasteiger charge is -2.28. The zero-order chi connectivity index (χ0) is 20.4. The molecule has 3 N–H and O–H groups in total. The summed E-state index contributed by atoms with van der Waals surface area (Å²) in [5.41, 5.74) is 8.47. The van der Waals surface area contributed by atoms with Crippen molar-refractivity contribution in [1.82, 2.24) is 15.1 Å². The molecule has 2 aliphatic rings. The zero-order valence-electron chi connectivity index (χ0n) is 16.0. The molecule has 9 nitrogen and oxygen atoms in total. The first-order valence-corrected chi connectivity index (χ1v) is 9.30. The van der Waals surface area contributed by atoms with E-state index < -0.39 is 5.92 Å². The minimum Gasteiger partial charge on any atom is -0.483 e. The molecule has 3 heterocycles. The number of aromatic nitrogens is 2. The van der Waals surface area contributed by atoms with Gasteiger partial charge in [0, 0.05) is 29.9 Å². The van der Waals surface area contributed by atoms with E-state index in [2.05, 4.69) is 16.3 Å². The maximum absolute atomic E-state index is 12.5. The van der Waals surface area contributed by atoms with Gasteiger partial charge in [-0.3, -0.25) is 9.89 Å². The van der Waals surface area contributed by atoms with Crippen molar-refractivity contribution < 1.29 is 19.0 Å². The number of morpholine rings is 1. The van der Waals surface area contributed by atoms with Crippen molar-refractivity contribution in [1.29, 1.82) is 5.26 Å². The molecule has 0 unspecified atom stereocenters. The highest BCUT2D eigenvalue weighted by molar-refractivity contribution is 5.78. The van der Waals surface area contributed by atoms with Gasteiger partial charge in [-0.15, -0.1) is 5.10 Å². The monoisotopic (exact) mass is 395 g/mol. The summed E-state index contributed by atoms with van der Waals surface area (Å²) in [6, 6.07) is 9.44. The van der Waals surface area contributed by atoms with E-state index in [1.54, 1.807) is 11.0 Å². The van der Waals surface area contributed by atoms with Crippen LogP contribution in [0, 0.1) is 18.3 Å². The molecule has 4 rings (SSSR count). The van der Waals surface area contributed by atoms with Crippen LogP contribution < -0.4 is 15.2 Å². The van der Waals surface area contributed by atoms with Crippen LogP contribution in [-0.2, 0) is 9.53 Å². The van der Waals surface area contributed by atoms with Crippen LogP contribution in [0.25, 0.3) is 0 Å². The molecular weight excluding hydrogens is 374 g/mol. The molecule has 1 aromatic heterocycles. The predicted molar refractivity (Wildman–Crippen MR) is 102 cm³/mol. The largest absolute Gasteiger partial charge is 0.483 e. The molecule has 0 saturated carbocycles. The summed E-state index contributed by atoms with van der Waals surface area (Å²) in [5.74, 6) is 0.245. The van der Waals surface area contributed by atoms with Crippen LogP contribution >= 0.6 is 0 Å². The lowest BCUT2D eigenvalue weighted by Crippen LogP contribution is -2.43. The quantitative estimate of drug-likeness (QED) is 0.796. The molecule has 9 heteroatoms. The van der Waals surface area contributed by atoms with Crippen molar-refractivity contribution in [2.75, 3.05) is 32.9 Å². The van der Waals surface area contributed by atoms with Gasteiger partial charge in [-0.1, -0.05) is 18.2 Å². The molecule has 2 aromatic rings. The number of benzene rings is 1. The minimum atomic E-state index is -0.503. The van der Waals surface area contributed by atoms with Crippen LogP contribution in [-0.4, -0.2) is 53.9 Å². The third-order valence-electron chi connectivity index (χ3n) is 5.07. The van der Waals surface area contributed by atoms with Crippen LogP contribution in [0.1, 0.15) is 22.7 Å². The highest BCUT2D eigenvalue weighted by Gasteiger charge is 2.35. The third kappa shape index (κ3) is 3.50. The number of hydrogen-bond acceptors (Lipinski definition) is 7. The number of hydrogen-bond donors (Lipinski definition) is 2. The number of nitrogens with zero attached hydrogens (tertiary/aromatic N) is 3. The molecule has 29 heavy (non-hydrogen) atoms. The van der Waals surface area contributed by atoms with Gasteiger partial charge in [0.2, 0.25) is 11.8 Å². The minimum absolute atomic E-state index is 0.00990. The van der Waals surface area contributed by atoms with Crippen molar-refractivity contribution >= 4 is 5.91 Å². The number of carbonyl (C=O) groups is 1. The SMILES string of the molecule is Cc1[nH]nc2c1[C@@H](c1ccccc1OCC(=O)N1CCOCC1)C(C#N)=C(N)O2. The first kappa shape index (κ1) is 18.8. The highest BCUT2D eigenvalue weighted by atomic mass is 16.5. The summed E-state index contributed by atoms with van der Waals surface area (Å²) in [7, 11) is 0. The summed E-state index contributed by atoms with van der Waals surface area (Å²) in [6.45, 7) is 3.92. The number of ether oxygens (including phenoxy) is 3. The van der Waals surface area contributed by atoms with E-state index in [9.17, 15) is 10.1 Å². The molecule has 0 aliphatic carbocycles. The molecule has 0 spiro atoms. The first-order chi connectivity index (χ1) is 14.1. The number of aryl methyl sites for hydroxylation is 1. The van der Waals surface area contributed by atoms with E-state index in [0.717, 1.165) is 16.8 Å². The Hall–Kier alpha value is -3.51. The number of fused-ring (bicyclic) bond motifs is 1. The number of carbonyl (C=O) groups excluding carboxylic acids is 1. The Morgan fingerprint density at radius 2 is 2.17 bits per heavy atom. The Labute approximate surface area is 167 Å². The molecule has 1 saturated heterocycles. The van der Waals surface area contributed by atoms with E-state index in [0.29, 0.717) is 37.9 Å². The molecular formula is C20H21N5O4. The summed E-state index contributed by atoms with van der Waals surface area (Å²) >= 11 is 0. The second kappa shape index (κ2) is 7.85. The number of H-pyrrole nitrogens is 1. The molecule has 1 aromatic carbocycles. The predicted octanol–water partition coefficient (Wildman–Crippen LogP) is 1.17. The second-order valence-corrected chi connectivity index (χ2v) is 6.81. The van der Waals surface area contributed by atoms with Crippen molar-refractivity contribution in [3.05, 3.63) is 52.5 Å². The number of nitrogens with two attached hydrogens (primary N) is 1. The van der Waals surface area contributed by atoms with Gasteiger partial charge in [0.25, 0.3) is 5.91 Å². The highest BCUT2D eigenvalue weighted by Crippen LogP contribution is 2.45. The number of aromatic amines is 1. The van der Waals surface area contributed by atoms with Gasteiger partial charge in [-0.2, -0.15) is 5.26 Å². The zero-order valence-corrected chi connectivity index (χ0v) is 16.0. The van der Waals surface area contributed by atoms with E-state index in [4.69, 9.17) is 19.9 Å². The molecule has 0 bridgehead atoms. The second-order valence-electron chi connectivity index (χ2n) is 6.81. The Bertz CT molecular complexity index is 1000. The van der Waals surface area contributed by atoms with E-state index in [-0.39, 0.29) is 24.0 Å². The number of nitriles is 1. The van der Waals surface area contributed by atoms with Crippen LogP contribution in [0.5, 0.6) is 11.6 Å². The molecule has 0 radical (unpaired) electrons. The van der Waals surface area contributed by atoms with Crippen molar-refractivity contribution in [2.45, 2.75) is 12.8 Å². The van der Waals surface area contributed by atoms with Gasteiger partial charge in [0.15, 0.2) is 6.61 Å². The van der Waals surface area contributed by atoms with Crippen LogP contribution in [0.3, 0.4) is 0 Å². The molecule has 1 amide bonds. The van der Waals surface area contributed by atoms with Crippen LogP contribution in [0.4, 0.5) is 0 Å². The lowest BCUT2D eigenvalue weighted by atomic mass is 9.83.